The Morgan fingerprint density at radius 2 is 2.20 bits per heavy atom. The van der Waals surface area contributed by atoms with E-state index in [1.807, 2.05) is 0 Å². The fraction of sp³-hybridized carbons (Fsp3) is 0.333. The predicted molar refractivity (Wildman–Crippen MR) is 37.0 cm³/mol. The molecule has 0 saturated heterocycles. The summed E-state index contributed by atoms with van der Waals surface area (Å²) >= 11 is 0. The van der Waals surface area contributed by atoms with E-state index < -0.39 is 17.9 Å². The average Bonchev–Trinajstić information content (AvgIpc) is 1.87. The SMILES string of the molecule is C=CC(=O)N[C@@H](C)C(N)=O. The van der Waals surface area contributed by atoms with Crippen LogP contribution in [0.25, 0.3) is 0 Å². The van der Waals surface area contributed by atoms with Crippen molar-refractivity contribution in [1.29, 1.82) is 0 Å². The predicted octanol–water partition coefficient (Wildman–Crippen LogP) is -0.838. The molecule has 4 nitrogen and oxygen atoms in total. The van der Waals surface area contributed by atoms with Gasteiger partial charge in [0.25, 0.3) is 0 Å². The molecule has 0 rings (SSSR count). The molecule has 10 heavy (non-hydrogen) atoms. The highest BCUT2D eigenvalue weighted by Crippen LogP contribution is 1.78. The summed E-state index contributed by atoms with van der Waals surface area (Å²) in [6, 6.07) is -0.634. The number of carbonyl (C=O) groups is 2. The molecule has 56 valence electrons. The van der Waals surface area contributed by atoms with Crippen LogP contribution in [0.15, 0.2) is 12.7 Å². The van der Waals surface area contributed by atoms with Gasteiger partial charge in [-0.15, -0.1) is 0 Å². The van der Waals surface area contributed by atoms with Gasteiger partial charge in [0.15, 0.2) is 0 Å². The van der Waals surface area contributed by atoms with Crippen molar-refractivity contribution in [1.82, 2.24) is 5.32 Å². The third-order valence-corrected chi connectivity index (χ3v) is 0.971. The Morgan fingerprint density at radius 3 is 2.50 bits per heavy atom. The van der Waals surface area contributed by atoms with Crippen LogP contribution in [0.1, 0.15) is 6.92 Å². The summed E-state index contributed by atoms with van der Waals surface area (Å²) in [7, 11) is 0. The largest absolute Gasteiger partial charge is 0.368 e. The molecule has 0 aliphatic carbocycles. The fourth-order valence-electron chi connectivity index (χ4n) is 0.343. The standard InChI is InChI=1S/C6H10N2O2/c1-3-5(9)8-4(2)6(7)10/h3-4H,1H2,2H3,(H2,7,10)(H,8,9)/t4-/m0/s1. The maximum Gasteiger partial charge on any atom is 0.244 e. The molecule has 0 saturated carbocycles. The molecule has 3 N–H and O–H groups in total. The third kappa shape index (κ3) is 2.86. The molecule has 0 radical (unpaired) electrons. The lowest BCUT2D eigenvalue weighted by molar-refractivity contribution is -0.124. The van der Waals surface area contributed by atoms with Crippen molar-refractivity contribution in [3.63, 3.8) is 0 Å². The number of hydrogen-bond acceptors (Lipinski definition) is 2. The minimum Gasteiger partial charge on any atom is -0.368 e. The normalized spacial score (nSPS) is 11.7. The van der Waals surface area contributed by atoms with Gasteiger partial charge >= 0.3 is 0 Å². The summed E-state index contributed by atoms with van der Waals surface area (Å²) in [5.74, 6) is -0.957. The van der Waals surface area contributed by atoms with E-state index >= 15 is 0 Å². The van der Waals surface area contributed by atoms with E-state index in [-0.39, 0.29) is 0 Å². The Labute approximate surface area is 59.1 Å². The second-order valence-electron chi connectivity index (χ2n) is 1.84. The topological polar surface area (TPSA) is 72.2 Å². The molecule has 2 amide bonds. The molecule has 0 aromatic rings. The smallest absolute Gasteiger partial charge is 0.244 e. The van der Waals surface area contributed by atoms with Crippen LogP contribution in [0.3, 0.4) is 0 Å². The number of hydrogen-bond donors (Lipinski definition) is 2. The summed E-state index contributed by atoms with van der Waals surface area (Å²) < 4.78 is 0. The van der Waals surface area contributed by atoms with E-state index in [0.29, 0.717) is 0 Å². The zero-order valence-electron chi connectivity index (χ0n) is 5.76. The number of amides is 2. The Hall–Kier alpha value is -1.32. The average molecular weight is 142 g/mol. The highest BCUT2D eigenvalue weighted by Gasteiger charge is 2.08. The summed E-state index contributed by atoms with van der Waals surface area (Å²) in [6.45, 7) is 4.71. The molecule has 0 bridgehead atoms. The number of primary amides is 1. The summed E-state index contributed by atoms with van der Waals surface area (Å²) in [5, 5.41) is 2.30. The van der Waals surface area contributed by atoms with E-state index in [1.54, 1.807) is 0 Å². The molecule has 4 heteroatoms. The van der Waals surface area contributed by atoms with Crippen molar-refractivity contribution in [3.8, 4) is 0 Å². The minimum atomic E-state index is -0.634. The first-order valence-corrected chi connectivity index (χ1v) is 2.80. The van der Waals surface area contributed by atoms with Crippen molar-refractivity contribution >= 4 is 11.8 Å². The molecule has 0 heterocycles. The Kier molecular flexibility index (Phi) is 3.17. The van der Waals surface area contributed by atoms with E-state index in [0.717, 1.165) is 6.08 Å². The summed E-state index contributed by atoms with van der Waals surface area (Å²) in [6.07, 6.45) is 1.08. The zero-order valence-corrected chi connectivity index (χ0v) is 5.76. The summed E-state index contributed by atoms with van der Waals surface area (Å²) in [4.78, 5) is 20.8. The van der Waals surface area contributed by atoms with Gasteiger partial charge in [-0.05, 0) is 13.0 Å². The molecule has 0 aromatic carbocycles. The van der Waals surface area contributed by atoms with Gasteiger partial charge in [-0.1, -0.05) is 6.58 Å². The molecule has 0 fully saturated rings. The maximum absolute atomic E-state index is 10.5. The van der Waals surface area contributed by atoms with E-state index in [1.165, 1.54) is 6.92 Å². The van der Waals surface area contributed by atoms with Crippen LogP contribution >= 0.6 is 0 Å². The van der Waals surface area contributed by atoms with Crippen LogP contribution in [-0.4, -0.2) is 17.9 Å². The second-order valence-corrected chi connectivity index (χ2v) is 1.84. The molecule has 0 aliphatic rings. The number of nitrogens with one attached hydrogen (secondary N) is 1. The number of nitrogens with two attached hydrogens (primary N) is 1. The lowest BCUT2D eigenvalue weighted by Crippen LogP contribution is -2.41. The van der Waals surface area contributed by atoms with Crippen LogP contribution in [0.2, 0.25) is 0 Å². The van der Waals surface area contributed by atoms with Crippen LogP contribution in [0.5, 0.6) is 0 Å². The maximum atomic E-state index is 10.5. The van der Waals surface area contributed by atoms with Crippen molar-refractivity contribution < 1.29 is 9.59 Å². The number of carbonyl (C=O) groups excluding carboxylic acids is 2. The zero-order chi connectivity index (χ0) is 8.15. The third-order valence-electron chi connectivity index (χ3n) is 0.971. The molecular weight excluding hydrogens is 132 g/mol. The highest BCUT2D eigenvalue weighted by molar-refractivity contribution is 5.91. The quantitative estimate of drug-likeness (QED) is 0.504. The van der Waals surface area contributed by atoms with Crippen molar-refractivity contribution in [2.45, 2.75) is 13.0 Å². The molecule has 0 unspecified atom stereocenters. The Balaban J connectivity index is 3.79. The first-order valence-electron chi connectivity index (χ1n) is 2.80. The van der Waals surface area contributed by atoms with Gasteiger partial charge in [0, 0.05) is 0 Å². The number of rotatable bonds is 3. The van der Waals surface area contributed by atoms with E-state index in [2.05, 4.69) is 11.9 Å². The monoisotopic (exact) mass is 142 g/mol. The fourth-order valence-corrected chi connectivity index (χ4v) is 0.343. The van der Waals surface area contributed by atoms with Gasteiger partial charge in [-0.25, -0.2) is 0 Å². The summed E-state index contributed by atoms with van der Waals surface area (Å²) in [5.41, 5.74) is 4.85. The van der Waals surface area contributed by atoms with Crippen molar-refractivity contribution in [2.75, 3.05) is 0 Å². The van der Waals surface area contributed by atoms with Gasteiger partial charge in [-0.2, -0.15) is 0 Å². The van der Waals surface area contributed by atoms with Crippen LogP contribution in [0.4, 0.5) is 0 Å². The molecule has 0 aliphatic heterocycles. The van der Waals surface area contributed by atoms with Gasteiger partial charge < -0.3 is 11.1 Å². The Morgan fingerprint density at radius 1 is 1.70 bits per heavy atom. The lowest BCUT2D eigenvalue weighted by atomic mass is 10.3. The van der Waals surface area contributed by atoms with Crippen molar-refractivity contribution in [2.24, 2.45) is 5.73 Å². The first kappa shape index (κ1) is 8.68. The van der Waals surface area contributed by atoms with Gasteiger partial charge in [-0.3, -0.25) is 9.59 Å². The second kappa shape index (κ2) is 3.66. The van der Waals surface area contributed by atoms with E-state index in [9.17, 15) is 9.59 Å². The lowest BCUT2D eigenvalue weighted by Gasteiger charge is -2.06. The molecule has 1 atom stereocenters. The minimum absolute atomic E-state index is 0.397. The first-order chi connectivity index (χ1) is 4.57. The van der Waals surface area contributed by atoms with Gasteiger partial charge in [0.2, 0.25) is 11.8 Å². The Bertz CT molecular complexity index is 165. The van der Waals surface area contributed by atoms with Crippen LogP contribution in [-0.2, 0) is 9.59 Å². The highest BCUT2D eigenvalue weighted by atomic mass is 16.2. The van der Waals surface area contributed by atoms with Crippen molar-refractivity contribution in [3.05, 3.63) is 12.7 Å². The van der Waals surface area contributed by atoms with Gasteiger partial charge in [0.1, 0.15) is 6.04 Å². The van der Waals surface area contributed by atoms with Crippen LogP contribution < -0.4 is 11.1 Å². The van der Waals surface area contributed by atoms with Crippen LogP contribution in [0, 0.1) is 0 Å². The molecule has 0 aromatic heterocycles. The molecular formula is C6H10N2O2. The van der Waals surface area contributed by atoms with E-state index in [4.69, 9.17) is 5.73 Å². The molecule has 0 spiro atoms. The van der Waals surface area contributed by atoms with Gasteiger partial charge in [0.05, 0.1) is 0 Å².